The number of carbonyl (C=O) groups excluding carboxylic acids is 5. The molecule has 3 aromatic carbocycles. The van der Waals surface area contributed by atoms with Crippen LogP contribution in [0.1, 0.15) is 44.9 Å². The molecule has 0 aliphatic carbocycles. The van der Waals surface area contributed by atoms with E-state index in [0.29, 0.717) is 5.69 Å². The number of amides is 3. The molecule has 4 N–H and O–H groups in total. The van der Waals surface area contributed by atoms with Gasteiger partial charge in [-0.25, -0.2) is 14.4 Å². The van der Waals surface area contributed by atoms with E-state index in [-0.39, 0.29) is 28.5 Å². The van der Waals surface area contributed by atoms with Crippen molar-refractivity contribution in [2.24, 2.45) is 5.92 Å². The third kappa shape index (κ3) is 8.48. The molecule has 0 bridgehead atoms. The Morgan fingerprint density at radius 2 is 1.10 bits per heavy atom. The minimum Gasteiger partial charge on any atom is -0.478 e. The van der Waals surface area contributed by atoms with Crippen molar-refractivity contribution in [1.29, 1.82) is 0 Å². The van der Waals surface area contributed by atoms with Gasteiger partial charge >= 0.3 is 17.9 Å². The molecule has 41 heavy (non-hydrogen) atoms. The Morgan fingerprint density at radius 1 is 0.610 bits per heavy atom. The van der Waals surface area contributed by atoms with E-state index < -0.39 is 41.9 Å². The second-order valence-electron chi connectivity index (χ2n) is 8.89. The van der Waals surface area contributed by atoms with Crippen molar-refractivity contribution in [2.75, 3.05) is 5.32 Å². The van der Waals surface area contributed by atoms with Crippen LogP contribution in [0.3, 0.4) is 0 Å². The highest BCUT2D eigenvalue weighted by atomic mass is 16.6. The molecule has 12 heteroatoms. The summed E-state index contributed by atoms with van der Waals surface area (Å²) in [6.45, 7) is 3.45. The van der Waals surface area contributed by atoms with Crippen LogP contribution < -0.4 is 16.2 Å². The van der Waals surface area contributed by atoms with E-state index in [4.69, 9.17) is 9.47 Å². The molecule has 0 aliphatic heterocycles. The molecule has 2 atom stereocenters. The molecule has 3 aromatic rings. The predicted molar refractivity (Wildman–Crippen MR) is 144 cm³/mol. The Kier molecular flexibility index (Phi) is 10.3. The highest BCUT2D eigenvalue weighted by molar-refractivity contribution is 5.99. The summed E-state index contributed by atoms with van der Waals surface area (Å²) in [5.74, 6) is -6.48. The first-order chi connectivity index (χ1) is 19.6. The minimum absolute atomic E-state index is 0.00231. The Labute approximate surface area is 234 Å². The topological polar surface area (TPSA) is 177 Å². The number of carboxylic acids is 1. The van der Waals surface area contributed by atoms with Gasteiger partial charge in [0.2, 0.25) is 18.1 Å². The molecular formula is C29H27N3O9. The summed E-state index contributed by atoms with van der Waals surface area (Å²) in [6.07, 6.45) is -4.46. The summed E-state index contributed by atoms with van der Waals surface area (Å²) in [5, 5.41) is 12.5. The Morgan fingerprint density at radius 3 is 1.56 bits per heavy atom. The van der Waals surface area contributed by atoms with E-state index in [1.165, 1.54) is 72.8 Å². The maximum Gasteiger partial charge on any atom is 0.349 e. The second-order valence-corrected chi connectivity index (χ2v) is 8.89. The number of ether oxygens (including phenoxy) is 2. The molecule has 3 rings (SSSR count). The standard InChI is InChI=1S/C29H27N3O9/c1-17(2)24(33)30-21-15-13-18(14-16-21)25(34)31-32-26(35)22(40-28(38)19-9-5-3-6-10-19)23(27(36)37)41-29(39)20-11-7-4-8-12-20/h3-17,22-23H,1-2H3,(H,30,33)(H,31,34)(H,32,35)(H,36,37)/t22-,23-/m0/s1. The highest BCUT2D eigenvalue weighted by Crippen LogP contribution is 2.14. The van der Waals surface area contributed by atoms with Gasteiger partial charge in [0, 0.05) is 17.2 Å². The maximum atomic E-state index is 13.0. The van der Waals surface area contributed by atoms with Crippen molar-refractivity contribution in [3.8, 4) is 0 Å². The van der Waals surface area contributed by atoms with Crippen molar-refractivity contribution in [3.05, 3.63) is 102 Å². The summed E-state index contributed by atoms with van der Waals surface area (Å²) in [4.78, 5) is 74.8. The highest BCUT2D eigenvalue weighted by Gasteiger charge is 2.41. The quantitative estimate of drug-likeness (QED) is 0.214. The Hall–Kier alpha value is -5.52. The molecule has 212 valence electrons. The molecule has 0 radical (unpaired) electrons. The van der Waals surface area contributed by atoms with Gasteiger partial charge in [-0.2, -0.15) is 0 Å². The molecular weight excluding hydrogens is 534 g/mol. The van der Waals surface area contributed by atoms with Crippen LogP contribution in [0.2, 0.25) is 0 Å². The van der Waals surface area contributed by atoms with Crippen molar-refractivity contribution in [1.82, 2.24) is 10.9 Å². The number of hydrogen-bond donors (Lipinski definition) is 4. The van der Waals surface area contributed by atoms with Gasteiger partial charge in [0.15, 0.2) is 0 Å². The van der Waals surface area contributed by atoms with Gasteiger partial charge in [-0.15, -0.1) is 0 Å². The van der Waals surface area contributed by atoms with Gasteiger partial charge in [0.25, 0.3) is 11.8 Å². The van der Waals surface area contributed by atoms with E-state index >= 15 is 0 Å². The Balaban J connectivity index is 1.76. The lowest BCUT2D eigenvalue weighted by Gasteiger charge is -2.23. The normalized spacial score (nSPS) is 11.9. The fourth-order valence-electron chi connectivity index (χ4n) is 3.26. The molecule has 0 spiro atoms. The summed E-state index contributed by atoms with van der Waals surface area (Å²) in [5.41, 5.74) is 4.62. The van der Waals surface area contributed by atoms with Crippen molar-refractivity contribution in [3.63, 3.8) is 0 Å². The zero-order valence-corrected chi connectivity index (χ0v) is 22.0. The number of anilines is 1. The largest absolute Gasteiger partial charge is 0.478 e. The zero-order chi connectivity index (χ0) is 29.9. The number of aliphatic carboxylic acids is 1. The summed E-state index contributed by atoms with van der Waals surface area (Å²) in [6, 6.07) is 20.5. The molecule has 0 unspecified atom stereocenters. The first-order valence-electron chi connectivity index (χ1n) is 12.3. The number of carboxylic acid groups (broad SMARTS) is 1. The van der Waals surface area contributed by atoms with Crippen LogP contribution in [-0.4, -0.2) is 52.9 Å². The fraction of sp³-hybridized carbons (Fsp3) is 0.172. The SMILES string of the molecule is CC(C)C(=O)Nc1ccc(C(=O)NNC(=O)[C@@H](OC(=O)c2ccccc2)[C@H](OC(=O)c2ccccc2)C(=O)O)cc1. The first-order valence-corrected chi connectivity index (χ1v) is 12.3. The average molecular weight is 562 g/mol. The number of carbonyl (C=O) groups is 6. The van der Waals surface area contributed by atoms with Gasteiger partial charge < -0.3 is 19.9 Å². The lowest BCUT2D eigenvalue weighted by Crippen LogP contribution is -2.54. The molecule has 0 heterocycles. The summed E-state index contributed by atoms with van der Waals surface area (Å²) < 4.78 is 10.2. The van der Waals surface area contributed by atoms with Gasteiger partial charge in [-0.3, -0.25) is 25.2 Å². The van der Waals surface area contributed by atoms with Crippen molar-refractivity contribution in [2.45, 2.75) is 26.1 Å². The number of hydrogen-bond acceptors (Lipinski definition) is 8. The monoisotopic (exact) mass is 561 g/mol. The third-order valence-electron chi connectivity index (χ3n) is 5.50. The fourth-order valence-corrected chi connectivity index (χ4v) is 3.26. The molecule has 0 saturated heterocycles. The molecule has 0 fully saturated rings. The summed E-state index contributed by atoms with van der Waals surface area (Å²) in [7, 11) is 0. The van der Waals surface area contributed by atoms with E-state index in [9.17, 15) is 33.9 Å². The number of hydrazine groups is 1. The molecule has 0 aromatic heterocycles. The number of rotatable bonds is 10. The van der Waals surface area contributed by atoms with Crippen LogP contribution >= 0.6 is 0 Å². The van der Waals surface area contributed by atoms with E-state index in [2.05, 4.69) is 10.7 Å². The molecule has 3 amide bonds. The molecule has 0 saturated carbocycles. The van der Waals surface area contributed by atoms with E-state index in [0.717, 1.165) is 0 Å². The average Bonchev–Trinajstić information content (AvgIpc) is 2.98. The maximum absolute atomic E-state index is 13.0. The van der Waals surface area contributed by atoms with E-state index in [1.54, 1.807) is 26.0 Å². The lowest BCUT2D eigenvalue weighted by molar-refractivity contribution is -0.159. The first kappa shape index (κ1) is 30.0. The minimum atomic E-state index is -2.27. The number of benzene rings is 3. The van der Waals surface area contributed by atoms with Crippen LogP contribution in [0.5, 0.6) is 0 Å². The lowest BCUT2D eigenvalue weighted by atomic mass is 10.1. The van der Waals surface area contributed by atoms with Gasteiger partial charge in [0.1, 0.15) is 0 Å². The van der Waals surface area contributed by atoms with Crippen LogP contribution in [0.4, 0.5) is 5.69 Å². The third-order valence-corrected chi connectivity index (χ3v) is 5.50. The molecule has 0 aliphatic rings. The van der Waals surface area contributed by atoms with Crippen LogP contribution in [0.15, 0.2) is 84.9 Å². The Bertz CT molecular complexity index is 1410. The summed E-state index contributed by atoms with van der Waals surface area (Å²) >= 11 is 0. The zero-order valence-electron chi connectivity index (χ0n) is 22.0. The second kappa shape index (κ2) is 14.0. The molecule has 12 nitrogen and oxygen atoms in total. The number of esters is 2. The van der Waals surface area contributed by atoms with Crippen LogP contribution in [0, 0.1) is 5.92 Å². The smallest absolute Gasteiger partial charge is 0.349 e. The predicted octanol–water partition coefficient (Wildman–Crippen LogP) is 2.58. The van der Waals surface area contributed by atoms with Crippen LogP contribution in [0.25, 0.3) is 0 Å². The van der Waals surface area contributed by atoms with Crippen LogP contribution in [-0.2, 0) is 23.9 Å². The van der Waals surface area contributed by atoms with E-state index in [1.807, 2.05) is 5.43 Å². The van der Waals surface area contributed by atoms with Gasteiger partial charge in [-0.1, -0.05) is 50.2 Å². The van der Waals surface area contributed by atoms with Gasteiger partial charge in [-0.05, 0) is 48.5 Å². The van der Waals surface area contributed by atoms with Crippen molar-refractivity contribution < 1.29 is 43.3 Å². The van der Waals surface area contributed by atoms with Gasteiger partial charge in [0.05, 0.1) is 11.1 Å². The number of nitrogens with one attached hydrogen (secondary N) is 3. The van der Waals surface area contributed by atoms with Crippen molar-refractivity contribution >= 4 is 41.3 Å².